The number of carbonyl (C=O) groups excluding carboxylic acids is 1. The Hall–Kier alpha value is -3.06. The van der Waals surface area contributed by atoms with Crippen molar-refractivity contribution in [2.75, 3.05) is 19.2 Å². The number of aromatic nitrogens is 1. The van der Waals surface area contributed by atoms with Gasteiger partial charge in [-0.25, -0.2) is 4.98 Å². The molecule has 0 fully saturated rings. The lowest BCUT2D eigenvalue weighted by atomic mass is 10.1. The summed E-state index contributed by atoms with van der Waals surface area (Å²) >= 11 is 1.50. The van der Waals surface area contributed by atoms with Gasteiger partial charge < -0.3 is 19.5 Å². The maximum absolute atomic E-state index is 12.5. The molecule has 0 aliphatic carbocycles. The van der Waals surface area contributed by atoms with Crippen LogP contribution in [0.15, 0.2) is 36.4 Å². The zero-order valence-electron chi connectivity index (χ0n) is 16.6. The molecule has 0 saturated carbocycles. The van der Waals surface area contributed by atoms with Crippen LogP contribution >= 0.6 is 11.3 Å². The van der Waals surface area contributed by atoms with Crippen LogP contribution in [0, 0.1) is 13.8 Å². The van der Waals surface area contributed by atoms with E-state index in [0.29, 0.717) is 5.13 Å². The molecule has 1 N–H and O–H groups in total. The Morgan fingerprint density at radius 2 is 1.93 bits per heavy atom. The molecule has 0 saturated heterocycles. The van der Waals surface area contributed by atoms with E-state index >= 15 is 0 Å². The van der Waals surface area contributed by atoms with Crippen LogP contribution in [0.25, 0.3) is 0 Å². The third-order valence-electron chi connectivity index (χ3n) is 4.78. The second-order valence-electron chi connectivity index (χ2n) is 6.92. The highest BCUT2D eigenvalue weighted by Gasteiger charge is 2.16. The highest BCUT2D eigenvalue weighted by Crippen LogP contribution is 2.34. The van der Waals surface area contributed by atoms with Crippen molar-refractivity contribution in [1.82, 2.24) is 4.98 Å². The smallest absolute Gasteiger partial charge is 0.231 e. The maximum atomic E-state index is 12.5. The summed E-state index contributed by atoms with van der Waals surface area (Å²) in [6.07, 6.45) is 0.998. The van der Waals surface area contributed by atoms with Crippen LogP contribution in [0.1, 0.15) is 27.3 Å². The number of amides is 1. The summed E-state index contributed by atoms with van der Waals surface area (Å²) in [4.78, 5) is 18.1. The Balaban J connectivity index is 1.42. The molecule has 2 aromatic carbocycles. The van der Waals surface area contributed by atoms with E-state index < -0.39 is 0 Å². The van der Waals surface area contributed by atoms with Crippen LogP contribution in [-0.4, -0.2) is 24.8 Å². The molecule has 2 heterocycles. The molecular formula is C22H22N2O4S. The van der Waals surface area contributed by atoms with Gasteiger partial charge in [-0.05, 0) is 48.7 Å². The number of thiazole rings is 1. The zero-order chi connectivity index (χ0) is 20.4. The van der Waals surface area contributed by atoms with Crippen molar-refractivity contribution in [2.24, 2.45) is 0 Å². The van der Waals surface area contributed by atoms with Gasteiger partial charge in [0.2, 0.25) is 12.7 Å². The van der Waals surface area contributed by atoms with Gasteiger partial charge >= 0.3 is 0 Å². The molecule has 3 aromatic rings. The van der Waals surface area contributed by atoms with E-state index in [1.54, 1.807) is 7.11 Å². The number of nitrogens with zero attached hydrogens (tertiary/aromatic N) is 1. The first-order valence-corrected chi connectivity index (χ1v) is 10.1. The molecule has 0 radical (unpaired) electrons. The predicted octanol–water partition coefficient (Wildman–Crippen LogP) is 4.27. The first-order valence-electron chi connectivity index (χ1n) is 9.30. The minimum absolute atomic E-state index is 0.0979. The molecule has 150 valence electrons. The third kappa shape index (κ3) is 4.35. The summed E-state index contributed by atoms with van der Waals surface area (Å²) < 4.78 is 16.1. The third-order valence-corrected chi connectivity index (χ3v) is 5.85. The van der Waals surface area contributed by atoms with Gasteiger partial charge in [0.1, 0.15) is 5.75 Å². The summed E-state index contributed by atoms with van der Waals surface area (Å²) in [5.74, 6) is 2.23. The molecule has 1 aliphatic heterocycles. The highest BCUT2D eigenvalue weighted by molar-refractivity contribution is 7.15. The van der Waals surface area contributed by atoms with Crippen molar-refractivity contribution in [3.8, 4) is 17.2 Å². The molecule has 1 aliphatic rings. The number of methoxy groups -OCH3 is 1. The van der Waals surface area contributed by atoms with Crippen LogP contribution in [0.5, 0.6) is 17.2 Å². The van der Waals surface area contributed by atoms with Crippen molar-refractivity contribution in [3.63, 3.8) is 0 Å². The summed E-state index contributed by atoms with van der Waals surface area (Å²) in [5.41, 5.74) is 3.98. The Kier molecular flexibility index (Phi) is 5.40. The molecule has 0 bridgehead atoms. The topological polar surface area (TPSA) is 69.7 Å². The molecule has 1 aromatic heterocycles. The Labute approximate surface area is 173 Å². The molecule has 0 unspecified atom stereocenters. The number of rotatable bonds is 6. The molecular weight excluding hydrogens is 388 g/mol. The quantitative estimate of drug-likeness (QED) is 0.657. The first kappa shape index (κ1) is 19.3. The lowest BCUT2D eigenvalue weighted by Crippen LogP contribution is -2.14. The summed E-state index contributed by atoms with van der Waals surface area (Å²) in [6.45, 7) is 4.20. The minimum atomic E-state index is -0.0979. The van der Waals surface area contributed by atoms with Crippen molar-refractivity contribution < 1.29 is 19.0 Å². The number of anilines is 1. The van der Waals surface area contributed by atoms with Gasteiger partial charge in [0.05, 0.1) is 19.2 Å². The van der Waals surface area contributed by atoms with Crippen LogP contribution < -0.4 is 19.5 Å². The standard InChI is InChI=1S/C22H22N2O4S/c1-13-4-5-16(8-18(13)26-3)11-21(25)24-22-23-14(2)20(29-22)10-15-6-7-17-19(9-15)28-12-27-17/h4-9H,10-12H2,1-3H3,(H,23,24,25). The molecule has 29 heavy (non-hydrogen) atoms. The monoisotopic (exact) mass is 410 g/mol. The average Bonchev–Trinajstić information content (AvgIpc) is 3.29. The van der Waals surface area contributed by atoms with Gasteiger partial charge in [0.25, 0.3) is 0 Å². The largest absolute Gasteiger partial charge is 0.496 e. The Bertz CT molecular complexity index is 1060. The summed E-state index contributed by atoms with van der Waals surface area (Å²) in [5, 5.41) is 3.53. The fraction of sp³-hybridized carbons (Fsp3) is 0.273. The number of carbonyl (C=O) groups is 1. The van der Waals surface area contributed by atoms with Crippen molar-refractivity contribution in [3.05, 3.63) is 63.7 Å². The molecule has 6 nitrogen and oxygen atoms in total. The van der Waals surface area contributed by atoms with E-state index in [2.05, 4.69) is 10.3 Å². The van der Waals surface area contributed by atoms with Crippen molar-refractivity contribution in [2.45, 2.75) is 26.7 Å². The first-order chi connectivity index (χ1) is 14.0. The van der Waals surface area contributed by atoms with Gasteiger partial charge in [-0.1, -0.05) is 18.2 Å². The number of hydrogen-bond donors (Lipinski definition) is 1. The number of hydrogen-bond acceptors (Lipinski definition) is 6. The van der Waals surface area contributed by atoms with E-state index in [1.807, 2.05) is 50.2 Å². The maximum Gasteiger partial charge on any atom is 0.231 e. The van der Waals surface area contributed by atoms with E-state index in [-0.39, 0.29) is 19.1 Å². The number of fused-ring (bicyclic) bond motifs is 1. The molecule has 7 heteroatoms. The normalized spacial score (nSPS) is 12.1. The Morgan fingerprint density at radius 3 is 2.76 bits per heavy atom. The van der Waals surface area contributed by atoms with Crippen LogP contribution in [0.2, 0.25) is 0 Å². The number of ether oxygens (including phenoxy) is 3. The van der Waals surface area contributed by atoms with Crippen LogP contribution in [-0.2, 0) is 17.6 Å². The van der Waals surface area contributed by atoms with E-state index in [9.17, 15) is 4.79 Å². The van der Waals surface area contributed by atoms with Crippen LogP contribution in [0.3, 0.4) is 0 Å². The molecule has 0 spiro atoms. The van der Waals surface area contributed by atoms with Gasteiger partial charge in [0.15, 0.2) is 16.6 Å². The van der Waals surface area contributed by atoms with E-state index in [1.165, 1.54) is 11.3 Å². The fourth-order valence-corrected chi connectivity index (χ4v) is 4.22. The average molecular weight is 410 g/mol. The minimum Gasteiger partial charge on any atom is -0.496 e. The number of aryl methyl sites for hydroxylation is 2. The van der Waals surface area contributed by atoms with Crippen molar-refractivity contribution >= 4 is 22.4 Å². The van der Waals surface area contributed by atoms with Crippen molar-refractivity contribution in [1.29, 1.82) is 0 Å². The molecule has 4 rings (SSSR count). The lowest BCUT2D eigenvalue weighted by molar-refractivity contribution is -0.115. The second kappa shape index (κ2) is 8.13. The molecule has 0 atom stereocenters. The predicted molar refractivity (Wildman–Crippen MR) is 112 cm³/mol. The fourth-order valence-electron chi connectivity index (χ4n) is 3.21. The van der Waals surface area contributed by atoms with E-state index in [0.717, 1.165) is 50.9 Å². The van der Waals surface area contributed by atoms with Gasteiger partial charge in [-0.3, -0.25) is 4.79 Å². The summed E-state index contributed by atoms with van der Waals surface area (Å²) in [6, 6.07) is 11.7. The Morgan fingerprint density at radius 1 is 1.14 bits per heavy atom. The van der Waals surface area contributed by atoms with Gasteiger partial charge in [-0.15, -0.1) is 11.3 Å². The summed E-state index contributed by atoms with van der Waals surface area (Å²) in [7, 11) is 1.63. The van der Waals surface area contributed by atoms with E-state index in [4.69, 9.17) is 14.2 Å². The highest BCUT2D eigenvalue weighted by atomic mass is 32.1. The second-order valence-corrected chi connectivity index (χ2v) is 8.00. The van der Waals surface area contributed by atoms with Gasteiger partial charge in [-0.2, -0.15) is 0 Å². The molecule has 1 amide bonds. The number of nitrogens with one attached hydrogen (secondary N) is 1. The lowest BCUT2D eigenvalue weighted by Gasteiger charge is -2.07. The number of benzene rings is 2. The van der Waals surface area contributed by atoms with Crippen LogP contribution in [0.4, 0.5) is 5.13 Å². The SMILES string of the molecule is COc1cc(CC(=O)Nc2nc(C)c(Cc3ccc4c(c3)OCO4)s2)ccc1C. The van der Waals surface area contributed by atoms with Gasteiger partial charge in [0, 0.05) is 11.3 Å². The zero-order valence-corrected chi connectivity index (χ0v) is 17.4.